The van der Waals surface area contributed by atoms with E-state index in [1.54, 1.807) is 5.56 Å². The lowest BCUT2D eigenvalue weighted by Gasteiger charge is -2.61. The lowest BCUT2D eigenvalue weighted by Crippen LogP contribution is -2.67. The van der Waals surface area contributed by atoms with E-state index in [0.29, 0.717) is 12.3 Å². The van der Waals surface area contributed by atoms with Crippen LogP contribution < -0.4 is 0 Å². The van der Waals surface area contributed by atoms with Crippen LogP contribution in [0.25, 0.3) is 0 Å². The van der Waals surface area contributed by atoms with Crippen LogP contribution in [0.3, 0.4) is 0 Å². The molecule has 5 rings (SSSR count). The average molecular weight is 311 g/mol. The first kappa shape index (κ1) is 14.3. The third kappa shape index (κ3) is 1.45. The van der Waals surface area contributed by atoms with E-state index in [4.69, 9.17) is 0 Å². The summed E-state index contributed by atoms with van der Waals surface area (Å²) in [7, 11) is 0. The molecular formula is C20H27N2O. The molecule has 2 atom stereocenters. The van der Waals surface area contributed by atoms with Crippen molar-refractivity contribution in [3.05, 3.63) is 28.9 Å². The first-order chi connectivity index (χ1) is 11.1. The van der Waals surface area contributed by atoms with E-state index in [-0.39, 0.29) is 11.0 Å². The van der Waals surface area contributed by atoms with Gasteiger partial charge in [0.25, 0.3) is 0 Å². The Morgan fingerprint density at radius 1 is 1.22 bits per heavy atom. The van der Waals surface area contributed by atoms with E-state index in [1.165, 1.54) is 42.6 Å². The van der Waals surface area contributed by atoms with E-state index >= 15 is 0 Å². The fraction of sp³-hybridized carbons (Fsp3) is 0.700. The van der Waals surface area contributed by atoms with Gasteiger partial charge in [0.15, 0.2) is 5.78 Å². The fourth-order valence-electron chi connectivity index (χ4n) is 6.48. The molecule has 0 aromatic carbocycles. The van der Waals surface area contributed by atoms with E-state index in [2.05, 4.69) is 29.7 Å². The molecule has 1 saturated heterocycles. The smallest absolute Gasteiger partial charge is 0.160 e. The Balaban J connectivity index is 1.84. The summed E-state index contributed by atoms with van der Waals surface area (Å²) in [5.41, 5.74) is 5.86. The molecule has 3 heteroatoms. The van der Waals surface area contributed by atoms with Gasteiger partial charge in [0, 0.05) is 17.9 Å². The first-order valence-electron chi connectivity index (χ1n) is 9.50. The number of aromatic nitrogens is 1. The molecule has 0 bridgehead atoms. The van der Waals surface area contributed by atoms with Crippen molar-refractivity contribution < 1.29 is 4.79 Å². The third-order valence-corrected chi connectivity index (χ3v) is 7.61. The topological polar surface area (TPSA) is 25.2 Å². The van der Waals surface area contributed by atoms with Crippen LogP contribution in [0.4, 0.5) is 0 Å². The van der Waals surface area contributed by atoms with Crippen LogP contribution in [-0.2, 0) is 29.7 Å². The van der Waals surface area contributed by atoms with Crippen molar-refractivity contribution in [2.45, 2.75) is 70.9 Å². The highest BCUT2D eigenvalue weighted by Crippen LogP contribution is 2.59. The Kier molecular flexibility index (Phi) is 2.79. The zero-order chi connectivity index (χ0) is 15.8. The number of nitrogens with zero attached hydrogens (tertiary/aromatic N) is 2. The largest absolute Gasteiger partial charge is 0.339 e. The van der Waals surface area contributed by atoms with E-state index in [9.17, 15) is 4.79 Å². The van der Waals surface area contributed by atoms with Crippen molar-refractivity contribution in [3.8, 4) is 0 Å². The lowest BCUT2D eigenvalue weighted by atomic mass is 9.56. The third-order valence-electron chi connectivity index (χ3n) is 7.61. The molecule has 0 N–H and O–H groups in total. The second-order valence-electron chi connectivity index (χ2n) is 8.14. The highest BCUT2D eigenvalue weighted by molar-refractivity contribution is 5.88. The van der Waals surface area contributed by atoms with Crippen molar-refractivity contribution in [2.24, 2.45) is 5.41 Å². The molecule has 3 nitrogen and oxygen atoms in total. The molecule has 0 spiro atoms. The van der Waals surface area contributed by atoms with E-state index < -0.39 is 0 Å². The van der Waals surface area contributed by atoms with Crippen LogP contribution in [0.1, 0.15) is 68.5 Å². The molecule has 3 aliphatic heterocycles. The van der Waals surface area contributed by atoms with Crippen LogP contribution in [0, 0.1) is 11.8 Å². The number of hydrogen-bond donors (Lipinski definition) is 0. The molecule has 1 radical (unpaired) electrons. The summed E-state index contributed by atoms with van der Waals surface area (Å²) in [6.45, 7) is 7.55. The molecule has 1 fully saturated rings. The van der Waals surface area contributed by atoms with E-state index in [0.717, 1.165) is 32.4 Å². The fourth-order valence-corrected chi connectivity index (χ4v) is 6.48. The minimum Gasteiger partial charge on any atom is -0.339 e. The summed E-state index contributed by atoms with van der Waals surface area (Å²) in [6, 6.07) is 0. The number of Topliss-reactive ketones (excluding diaryl/α,β-unsaturated/α-hetero) is 1. The summed E-state index contributed by atoms with van der Waals surface area (Å²) < 4.78 is 2.45. The van der Waals surface area contributed by atoms with Crippen LogP contribution in [0.5, 0.6) is 0 Å². The zero-order valence-electron chi connectivity index (χ0n) is 14.5. The SMILES string of the molecule is CC[C@@]12CCCN3CCc4c5c(n(c4[C@]31C)CC2=O)CCC[CH]5. The normalized spacial score (nSPS) is 35.8. The quantitative estimate of drug-likeness (QED) is 0.795. The van der Waals surface area contributed by atoms with Gasteiger partial charge in [-0.05, 0) is 76.0 Å². The minimum atomic E-state index is -0.155. The van der Waals surface area contributed by atoms with E-state index in [1.807, 2.05) is 0 Å². The molecule has 0 unspecified atom stereocenters. The van der Waals surface area contributed by atoms with Gasteiger partial charge in [-0.25, -0.2) is 0 Å². The summed E-state index contributed by atoms with van der Waals surface area (Å²) in [5, 5.41) is 0. The van der Waals surface area contributed by atoms with Crippen molar-refractivity contribution in [1.82, 2.24) is 9.47 Å². The van der Waals surface area contributed by atoms with Crippen molar-refractivity contribution in [1.29, 1.82) is 0 Å². The highest BCUT2D eigenvalue weighted by atomic mass is 16.1. The Hall–Kier alpha value is -1.09. The number of rotatable bonds is 1. The Bertz CT molecular complexity index is 703. The maximum atomic E-state index is 13.4. The van der Waals surface area contributed by atoms with Gasteiger partial charge >= 0.3 is 0 Å². The predicted molar refractivity (Wildman–Crippen MR) is 90.4 cm³/mol. The molecular weight excluding hydrogens is 284 g/mol. The van der Waals surface area contributed by atoms with Crippen molar-refractivity contribution in [2.75, 3.05) is 13.1 Å². The maximum absolute atomic E-state index is 13.4. The van der Waals surface area contributed by atoms with Gasteiger partial charge in [-0.15, -0.1) is 0 Å². The number of fused-ring (bicyclic) bond motifs is 3. The molecule has 0 saturated carbocycles. The Morgan fingerprint density at radius 3 is 2.91 bits per heavy atom. The van der Waals surface area contributed by atoms with Crippen LogP contribution in [0.15, 0.2) is 0 Å². The zero-order valence-corrected chi connectivity index (χ0v) is 14.5. The molecule has 1 aromatic heterocycles. The van der Waals surface area contributed by atoms with Gasteiger partial charge in [-0.1, -0.05) is 6.92 Å². The number of ketones is 1. The molecule has 0 amide bonds. The van der Waals surface area contributed by atoms with Gasteiger partial charge in [-0.3, -0.25) is 9.69 Å². The van der Waals surface area contributed by atoms with Gasteiger partial charge in [0.1, 0.15) is 0 Å². The summed E-state index contributed by atoms with van der Waals surface area (Å²) in [5.74, 6) is 0.497. The van der Waals surface area contributed by atoms with Crippen LogP contribution >= 0.6 is 0 Å². The summed E-state index contributed by atoms with van der Waals surface area (Å²) in [4.78, 5) is 16.0. The Morgan fingerprint density at radius 2 is 2.09 bits per heavy atom. The average Bonchev–Trinajstić information content (AvgIpc) is 2.89. The van der Waals surface area contributed by atoms with Crippen LogP contribution in [-0.4, -0.2) is 28.3 Å². The first-order valence-corrected chi connectivity index (χ1v) is 9.50. The molecule has 4 aliphatic rings. The van der Waals surface area contributed by atoms with Gasteiger partial charge in [-0.2, -0.15) is 0 Å². The molecule has 123 valence electrons. The standard InChI is InChI=1S/C20H27N2O/c1-3-20-10-6-11-21-12-9-15-14-7-4-5-8-16(14)22(13-17(20)23)18(15)19(20,21)2/h7H,3-6,8-13H2,1-2H3/t19-,20-/m0/s1. The molecule has 1 aliphatic carbocycles. The lowest BCUT2D eigenvalue weighted by molar-refractivity contribution is -0.156. The number of piperidine rings is 1. The van der Waals surface area contributed by atoms with Crippen molar-refractivity contribution in [3.63, 3.8) is 0 Å². The van der Waals surface area contributed by atoms with Gasteiger partial charge in [0.05, 0.1) is 17.5 Å². The van der Waals surface area contributed by atoms with Gasteiger partial charge in [0.2, 0.25) is 0 Å². The summed E-state index contributed by atoms with van der Waals surface area (Å²) in [6.07, 6.45) is 10.5. The maximum Gasteiger partial charge on any atom is 0.160 e. The molecule has 23 heavy (non-hydrogen) atoms. The van der Waals surface area contributed by atoms with Crippen molar-refractivity contribution >= 4 is 5.78 Å². The second kappa shape index (κ2) is 4.50. The predicted octanol–water partition coefficient (Wildman–Crippen LogP) is 3.22. The highest BCUT2D eigenvalue weighted by Gasteiger charge is 2.63. The number of carbonyl (C=O) groups excluding carboxylic acids is 1. The summed E-state index contributed by atoms with van der Waals surface area (Å²) >= 11 is 0. The second-order valence-corrected chi connectivity index (χ2v) is 8.14. The monoisotopic (exact) mass is 311 g/mol. The molecule has 1 aromatic rings. The number of hydrogen-bond acceptors (Lipinski definition) is 2. The molecule has 4 heterocycles. The van der Waals surface area contributed by atoms with Crippen LogP contribution in [0.2, 0.25) is 0 Å². The van der Waals surface area contributed by atoms with Gasteiger partial charge < -0.3 is 4.57 Å². The Labute approximate surface area is 139 Å². The minimum absolute atomic E-state index is 0.0753. The number of carbonyl (C=O) groups is 1.